The quantitative estimate of drug-likeness (QED) is 0.823. The molecular weight excluding hydrogens is 378 g/mol. The molecule has 158 valence electrons. The van der Waals surface area contributed by atoms with E-state index in [9.17, 15) is 9.59 Å². The minimum atomic E-state index is -0.265. The normalized spacial score (nSPS) is 19.6. The number of hydrogen-bond donors (Lipinski definition) is 1. The Labute approximate surface area is 177 Å². The van der Waals surface area contributed by atoms with Crippen molar-refractivity contribution in [3.8, 4) is 0 Å². The summed E-state index contributed by atoms with van der Waals surface area (Å²) < 4.78 is 1.95. The van der Waals surface area contributed by atoms with Crippen molar-refractivity contribution in [1.29, 1.82) is 0 Å². The molecule has 1 aromatic carbocycles. The summed E-state index contributed by atoms with van der Waals surface area (Å²) in [6, 6.07) is 10.3. The number of hydrogen-bond acceptors (Lipinski definition) is 4. The van der Waals surface area contributed by atoms with Crippen LogP contribution in [0, 0.1) is 0 Å². The van der Waals surface area contributed by atoms with Gasteiger partial charge in [-0.3, -0.25) is 14.5 Å². The van der Waals surface area contributed by atoms with Crippen molar-refractivity contribution in [2.45, 2.75) is 25.3 Å². The molecule has 3 heterocycles. The average Bonchev–Trinajstić information content (AvgIpc) is 3.23. The van der Waals surface area contributed by atoms with Crippen LogP contribution < -0.4 is 5.32 Å². The number of nitrogens with zero attached hydrogens (tertiary/aromatic N) is 4. The molecule has 1 unspecified atom stereocenters. The fraction of sp³-hybridized carbons (Fsp3) is 0.435. The van der Waals surface area contributed by atoms with Gasteiger partial charge < -0.3 is 14.8 Å². The molecule has 2 aliphatic rings. The Morgan fingerprint density at radius 3 is 2.63 bits per heavy atom. The standard InChI is InChI=1S/C23H29N5O2/c1-24-22(29)19-10-6-12-28-20(17-25-21(19)28)23(30)27-15-13-26(14-16-27)11-5-9-18-7-3-2-4-8-18/h2-5,7-9,17,19H,6,10-16H2,1H3,(H,24,29). The van der Waals surface area contributed by atoms with Gasteiger partial charge in [0.1, 0.15) is 11.5 Å². The molecule has 1 fully saturated rings. The van der Waals surface area contributed by atoms with Crippen LogP contribution in [0.1, 0.15) is 40.6 Å². The molecule has 2 aromatic rings. The largest absolute Gasteiger partial charge is 0.359 e. The number of imidazole rings is 1. The van der Waals surface area contributed by atoms with E-state index in [-0.39, 0.29) is 17.7 Å². The molecule has 1 saturated heterocycles. The van der Waals surface area contributed by atoms with Gasteiger partial charge in [0, 0.05) is 46.3 Å². The van der Waals surface area contributed by atoms with E-state index in [1.807, 2.05) is 27.7 Å². The third kappa shape index (κ3) is 4.31. The molecular formula is C23H29N5O2. The molecule has 4 rings (SSSR count). The Morgan fingerprint density at radius 1 is 1.13 bits per heavy atom. The highest BCUT2D eigenvalue weighted by atomic mass is 16.2. The lowest BCUT2D eigenvalue weighted by atomic mass is 9.98. The van der Waals surface area contributed by atoms with Crippen molar-refractivity contribution >= 4 is 17.9 Å². The van der Waals surface area contributed by atoms with Gasteiger partial charge in [0.2, 0.25) is 5.91 Å². The lowest BCUT2D eigenvalue weighted by molar-refractivity contribution is -0.122. The van der Waals surface area contributed by atoms with Crippen molar-refractivity contribution in [2.24, 2.45) is 0 Å². The maximum absolute atomic E-state index is 13.1. The first kappa shape index (κ1) is 20.3. The zero-order valence-corrected chi connectivity index (χ0v) is 17.5. The minimum absolute atomic E-state index is 0.0192. The molecule has 0 aliphatic carbocycles. The Balaban J connectivity index is 1.34. The Kier molecular flexibility index (Phi) is 6.28. The molecule has 2 amide bonds. The Hall–Kier alpha value is -2.93. The molecule has 0 saturated carbocycles. The first-order valence-electron chi connectivity index (χ1n) is 10.7. The van der Waals surface area contributed by atoms with Gasteiger partial charge in [0.15, 0.2) is 0 Å². The number of aromatic nitrogens is 2. The predicted molar refractivity (Wildman–Crippen MR) is 116 cm³/mol. The summed E-state index contributed by atoms with van der Waals surface area (Å²) in [7, 11) is 1.64. The number of carbonyl (C=O) groups excluding carboxylic acids is 2. The summed E-state index contributed by atoms with van der Waals surface area (Å²) in [6.07, 6.45) is 7.62. The van der Waals surface area contributed by atoms with Crippen molar-refractivity contribution in [1.82, 2.24) is 24.7 Å². The SMILES string of the molecule is CNC(=O)C1CCCn2c(C(=O)N3CCN(CC=Cc4ccccc4)CC3)cnc21. The van der Waals surface area contributed by atoms with E-state index in [1.165, 1.54) is 5.56 Å². The summed E-state index contributed by atoms with van der Waals surface area (Å²) in [5, 5.41) is 2.71. The molecule has 1 N–H and O–H groups in total. The zero-order chi connectivity index (χ0) is 20.9. The number of carbonyl (C=O) groups is 2. The smallest absolute Gasteiger partial charge is 0.272 e. The first-order valence-corrected chi connectivity index (χ1v) is 10.7. The molecule has 7 nitrogen and oxygen atoms in total. The maximum Gasteiger partial charge on any atom is 0.272 e. The number of rotatable bonds is 5. The van der Waals surface area contributed by atoms with Crippen LogP contribution in [0.3, 0.4) is 0 Å². The van der Waals surface area contributed by atoms with Gasteiger partial charge in [-0.05, 0) is 18.4 Å². The minimum Gasteiger partial charge on any atom is -0.359 e. The van der Waals surface area contributed by atoms with E-state index in [0.29, 0.717) is 24.6 Å². The third-order valence-corrected chi connectivity index (χ3v) is 5.99. The van der Waals surface area contributed by atoms with Crippen molar-refractivity contribution in [3.05, 3.63) is 59.7 Å². The molecule has 2 aliphatic heterocycles. The van der Waals surface area contributed by atoms with Crippen molar-refractivity contribution in [2.75, 3.05) is 39.8 Å². The van der Waals surface area contributed by atoms with Crippen molar-refractivity contribution < 1.29 is 9.59 Å². The van der Waals surface area contributed by atoms with Gasteiger partial charge in [-0.15, -0.1) is 0 Å². The number of fused-ring (bicyclic) bond motifs is 1. The van der Waals surface area contributed by atoms with Crippen LogP contribution >= 0.6 is 0 Å². The predicted octanol–water partition coefficient (Wildman–Crippen LogP) is 1.98. The highest BCUT2D eigenvalue weighted by Gasteiger charge is 2.32. The van der Waals surface area contributed by atoms with Gasteiger partial charge >= 0.3 is 0 Å². The van der Waals surface area contributed by atoms with Crippen molar-refractivity contribution in [3.63, 3.8) is 0 Å². The second kappa shape index (κ2) is 9.26. The van der Waals surface area contributed by atoms with E-state index in [2.05, 4.69) is 39.5 Å². The maximum atomic E-state index is 13.1. The number of nitrogens with one attached hydrogen (secondary N) is 1. The number of benzene rings is 1. The van der Waals surface area contributed by atoms with Crippen LogP contribution in [0.2, 0.25) is 0 Å². The number of piperazine rings is 1. The van der Waals surface area contributed by atoms with E-state index in [1.54, 1.807) is 13.2 Å². The zero-order valence-electron chi connectivity index (χ0n) is 17.5. The first-order chi connectivity index (χ1) is 14.7. The van der Waals surface area contributed by atoms with Crippen LogP contribution in [0.4, 0.5) is 0 Å². The molecule has 7 heteroatoms. The van der Waals surface area contributed by atoms with Crippen LogP contribution in [-0.4, -0.2) is 70.9 Å². The van der Waals surface area contributed by atoms with E-state index in [4.69, 9.17) is 0 Å². The summed E-state index contributed by atoms with van der Waals surface area (Å²) >= 11 is 0. The molecule has 1 atom stereocenters. The van der Waals surface area contributed by atoms with E-state index in [0.717, 1.165) is 39.0 Å². The summed E-state index contributed by atoms with van der Waals surface area (Å²) in [5.74, 6) is 0.440. The summed E-state index contributed by atoms with van der Waals surface area (Å²) in [4.78, 5) is 34.0. The van der Waals surface area contributed by atoms with E-state index < -0.39 is 0 Å². The van der Waals surface area contributed by atoms with Gasteiger partial charge in [0.05, 0.1) is 12.1 Å². The molecule has 1 aromatic heterocycles. The second-order valence-corrected chi connectivity index (χ2v) is 7.87. The molecule has 0 radical (unpaired) electrons. The van der Waals surface area contributed by atoms with Crippen LogP contribution in [0.5, 0.6) is 0 Å². The van der Waals surface area contributed by atoms with Gasteiger partial charge in [-0.2, -0.15) is 0 Å². The van der Waals surface area contributed by atoms with Gasteiger partial charge in [0.25, 0.3) is 5.91 Å². The molecule has 0 bridgehead atoms. The highest BCUT2D eigenvalue weighted by molar-refractivity contribution is 5.93. The number of amides is 2. The van der Waals surface area contributed by atoms with Crippen LogP contribution in [-0.2, 0) is 11.3 Å². The Bertz CT molecular complexity index is 913. The number of likely N-dealkylation sites (N-methyl/N-ethyl adjacent to an activating group) is 1. The highest BCUT2D eigenvalue weighted by Crippen LogP contribution is 2.28. The monoisotopic (exact) mass is 407 g/mol. The lowest BCUT2D eigenvalue weighted by Gasteiger charge is -2.34. The molecule has 0 spiro atoms. The fourth-order valence-electron chi connectivity index (χ4n) is 4.28. The van der Waals surface area contributed by atoms with Gasteiger partial charge in [-0.25, -0.2) is 4.98 Å². The topological polar surface area (TPSA) is 70.5 Å². The van der Waals surface area contributed by atoms with E-state index >= 15 is 0 Å². The second-order valence-electron chi connectivity index (χ2n) is 7.87. The third-order valence-electron chi connectivity index (χ3n) is 5.99. The summed E-state index contributed by atoms with van der Waals surface area (Å²) in [5.41, 5.74) is 1.81. The van der Waals surface area contributed by atoms with Gasteiger partial charge in [-0.1, -0.05) is 42.5 Å². The average molecular weight is 408 g/mol. The lowest BCUT2D eigenvalue weighted by Crippen LogP contribution is -2.49. The summed E-state index contributed by atoms with van der Waals surface area (Å²) in [6.45, 7) is 4.75. The van der Waals surface area contributed by atoms with Crippen LogP contribution in [0.15, 0.2) is 42.6 Å². The Morgan fingerprint density at radius 2 is 1.90 bits per heavy atom. The van der Waals surface area contributed by atoms with Crippen LogP contribution in [0.25, 0.3) is 6.08 Å². The molecule has 30 heavy (non-hydrogen) atoms. The fourth-order valence-corrected chi connectivity index (χ4v) is 4.28.